The molecule has 2 aromatic rings. The summed E-state index contributed by atoms with van der Waals surface area (Å²) in [5, 5.41) is 6.27. The summed E-state index contributed by atoms with van der Waals surface area (Å²) in [4.78, 5) is 12.7. The van der Waals surface area contributed by atoms with Crippen LogP contribution in [0.4, 0.5) is 10.1 Å². The minimum atomic E-state index is -0.365. The van der Waals surface area contributed by atoms with Crippen LogP contribution in [-0.4, -0.2) is 19.6 Å². The van der Waals surface area contributed by atoms with Crippen molar-refractivity contribution in [2.24, 2.45) is 0 Å². The lowest BCUT2D eigenvalue weighted by atomic mass is 9.96. The molecule has 0 bridgehead atoms. The number of amides is 1. The molecule has 3 rings (SSSR count). The molecular weight excluding hydrogens is 343 g/mol. The standard InChI is InChI=1S/C19H21FN2O2.ClH/c1-12(16-11-13(20)8-9-18(16)24-2)22-19(23)15-5-3-7-17-14(15)6-4-10-21-17;/h3,5,7-9,11-12,21H,4,6,10H2,1-2H3,(H,22,23);1H. The number of ether oxygens (including phenoxy) is 1. The average molecular weight is 365 g/mol. The first-order valence-electron chi connectivity index (χ1n) is 8.10. The summed E-state index contributed by atoms with van der Waals surface area (Å²) in [7, 11) is 1.53. The van der Waals surface area contributed by atoms with Gasteiger partial charge in [-0.25, -0.2) is 4.39 Å². The molecule has 1 aliphatic heterocycles. The second-order valence-electron chi connectivity index (χ2n) is 5.94. The van der Waals surface area contributed by atoms with E-state index < -0.39 is 0 Å². The first-order chi connectivity index (χ1) is 11.6. The normalized spacial score (nSPS) is 13.7. The maximum Gasteiger partial charge on any atom is 0.252 e. The van der Waals surface area contributed by atoms with E-state index in [1.807, 2.05) is 25.1 Å². The number of hydrogen-bond donors (Lipinski definition) is 2. The van der Waals surface area contributed by atoms with E-state index in [1.54, 1.807) is 6.07 Å². The van der Waals surface area contributed by atoms with Crippen LogP contribution < -0.4 is 15.4 Å². The molecule has 1 amide bonds. The lowest BCUT2D eigenvalue weighted by Gasteiger charge is -2.22. The molecule has 0 spiro atoms. The zero-order valence-electron chi connectivity index (χ0n) is 14.3. The minimum Gasteiger partial charge on any atom is -0.496 e. The fourth-order valence-electron chi connectivity index (χ4n) is 3.12. The van der Waals surface area contributed by atoms with Crippen LogP contribution in [0.5, 0.6) is 5.75 Å². The lowest BCUT2D eigenvalue weighted by Crippen LogP contribution is -2.29. The lowest BCUT2D eigenvalue weighted by molar-refractivity contribution is 0.0938. The number of halogens is 2. The van der Waals surface area contributed by atoms with Gasteiger partial charge in [-0.3, -0.25) is 4.79 Å². The van der Waals surface area contributed by atoms with Gasteiger partial charge in [-0.2, -0.15) is 0 Å². The van der Waals surface area contributed by atoms with E-state index in [-0.39, 0.29) is 30.2 Å². The maximum atomic E-state index is 13.6. The van der Waals surface area contributed by atoms with Crippen LogP contribution in [0, 0.1) is 5.82 Å². The highest BCUT2D eigenvalue weighted by molar-refractivity contribution is 5.97. The molecule has 0 saturated heterocycles. The van der Waals surface area contributed by atoms with Gasteiger partial charge < -0.3 is 15.4 Å². The van der Waals surface area contributed by atoms with E-state index in [0.717, 1.165) is 30.6 Å². The van der Waals surface area contributed by atoms with Crippen molar-refractivity contribution in [1.29, 1.82) is 0 Å². The van der Waals surface area contributed by atoms with E-state index in [1.165, 1.54) is 19.2 Å². The van der Waals surface area contributed by atoms with Crippen LogP contribution in [-0.2, 0) is 6.42 Å². The van der Waals surface area contributed by atoms with E-state index in [4.69, 9.17) is 4.74 Å². The van der Waals surface area contributed by atoms with Gasteiger partial charge in [0.25, 0.3) is 5.91 Å². The van der Waals surface area contributed by atoms with Crippen LogP contribution in [0.25, 0.3) is 0 Å². The minimum absolute atomic E-state index is 0. The first-order valence-corrected chi connectivity index (χ1v) is 8.10. The van der Waals surface area contributed by atoms with Crippen molar-refractivity contribution in [3.63, 3.8) is 0 Å². The van der Waals surface area contributed by atoms with Crippen molar-refractivity contribution in [3.05, 3.63) is 58.9 Å². The summed E-state index contributed by atoms with van der Waals surface area (Å²) in [6.45, 7) is 2.75. The van der Waals surface area contributed by atoms with Crippen LogP contribution in [0.1, 0.15) is 40.9 Å². The molecule has 6 heteroatoms. The fraction of sp³-hybridized carbons (Fsp3) is 0.316. The van der Waals surface area contributed by atoms with Gasteiger partial charge in [0.05, 0.1) is 13.2 Å². The Kier molecular flexibility index (Phi) is 6.26. The number of anilines is 1. The Bertz CT molecular complexity index is 767. The molecule has 0 radical (unpaired) electrons. The number of rotatable bonds is 4. The van der Waals surface area contributed by atoms with Crippen LogP contribution in [0.3, 0.4) is 0 Å². The Morgan fingerprint density at radius 3 is 2.88 bits per heavy atom. The Morgan fingerprint density at radius 2 is 2.12 bits per heavy atom. The van der Waals surface area contributed by atoms with Gasteiger partial charge in [0.2, 0.25) is 0 Å². The molecule has 2 aromatic carbocycles. The van der Waals surface area contributed by atoms with Crippen LogP contribution in [0.15, 0.2) is 36.4 Å². The number of methoxy groups -OCH3 is 1. The summed E-state index contributed by atoms with van der Waals surface area (Å²) < 4.78 is 18.8. The molecule has 1 unspecified atom stereocenters. The monoisotopic (exact) mass is 364 g/mol. The molecule has 0 aliphatic carbocycles. The van der Waals surface area contributed by atoms with E-state index in [2.05, 4.69) is 10.6 Å². The predicted molar refractivity (Wildman–Crippen MR) is 99.3 cm³/mol. The second-order valence-corrected chi connectivity index (χ2v) is 5.94. The number of carbonyl (C=O) groups excluding carboxylic acids is 1. The van der Waals surface area contributed by atoms with Crippen molar-refractivity contribution in [2.45, 2.75) is 25.8 Å². The van der Waals surface area contributed by atoms with Crippen molar-refractivity contribution < 1.29 is 13.9 Å². The van der Waals surface area contributed by atoms with Crippen molar-refractivity contribution >= 4 is 24.0 Å². The topological polar surface area (TPSA) is 50.4 Å². The molecule has 0 aromatic heterocycles. The molecule has 4 nitrogen and oxygen atoms in total. The van der Waals surface area contributed by atoms with E-state index in [0.29, 0.717) is 16.9 Å². The van der Waals surface area contributed by atoms with Crippen molar-refractivity contribution in [1.82, 2.24) is 5.32 Å². The number of benzene rings is 2. The average Bonchev–Trinajstić information content (AvgIpc) is 2.61. The second kappa shape index (κ2) is 8.21. The van der Waals surface area contributed by atoms with Crippen LogP contribution in [0.2, 0.25) is 0 Å². The molecule has 1 heterocycles. The molecule has 2 N–H and O–H groups in total. The fourth-order valence-corrected chi connectivity index (χ4v) is 3.12. The van der Waals surface area contributed by atoms with Crippen molar-refractivity contribution in [3.8, 4) is 5.75 Å². The third-order valence-electron chi connectivity index (χ3n) is 4.35. The Labute approximate surface area is 153 Å². The number of carbonyl (C=O) groups is 1. The zero-order valence-corrected chi connectivity index (χ0v) is 15.1. The summed E-state index contributed by atoms with van der Waals surface area (Å²) in [5.74, 6) is 0.0449. The van der Waals surface area contributed by atoms with Gasteiger partial charge in [-0.05, 0) is 55.7 Å². The van der Waals surface area contributed by atoms with Gasteiger partial charge in [0, 0.05) is 23.4 Å². The van der Waals surface area contributed by atoms with E-state index >= 15 is 0 Å². The number of nitrogens with one attached hydrogen (secondary N) is 2. The van der Waals surface area contributed by atoms with Gasteiger partial charge in [0.1, 0.15) is 11.6 Å². The van der Waals surface area contributed by atoms with Crippen LogP contribution >= 0.6 is 12.4 Å². The van der Waals surface area contributed by atoms with Gasteiger partial charge in [-0.15, -0.1) is 12.4 Å². The van der Waals surface area contributed by atoms with Gasteiger partial charge in [-0.1, -0.05) is 6.07 Å². The Hall–Kier alpha value is -2.27. The smallest absolute Gasteiger partial charge is 0.252 e. The van der Waals surface area contributed by atoms with Gasteiger partial charge >= 0.3 is 0 Å². The third-order valence-corrected chi connectivity index (χ3v) is 4.35. The number of hydrogen-bond acceptors (Lipinski definition) is 3. The summed E-state index contributed by atoms with van der Waals surface area (Å²) in [6, 6.07) is 9.64. The summed E-state index contributed by atoms with van der Waals surface area (Å²) >= 11 is 0. The summed E-state index contributed by atoms with van der Waals surface area (Å²) in [5.41, 5.74) is 3.35. The first kappa shape index (κ1) is 19.1. The summed E-state index contributed by atoms with van der Waals surface area (Å²) in [6.07, 6.45) is 1.88. The Balaban J connectivity index is 0.00000225. The molecule has 134 valence electrons. The molecule has 1 aliphatic rings. The molecule has 1 atom stereocenters. The van der Waals surface area contributed by atoms with Gasteiger partial charge in [0.15, 0.2) is 0 Å². The highest BCUT2D eigenvalue weighted by atomic mass is 35.5. The third kappa shape index (κ3) is 4.04. The molecular formula is C19H22ClFN2O2. The largest absolute Gasteiger partial charge is 0.496 e. The molecule has 25 heavy (non-hydrogen) atoms. The highest BCUT2D eigenvalue weighted by Crippen LogP contribution is 2.28. The highest BCUT2D eigenvalue weighted by Gasteiger charge is 2.20. The Morgan fingerprint density at radius 1 is 1.32 bits per heavy atom. The molecule has 0 saturated carbocycles. The zero-order chi connectivity index (χ0) is 17.1. The maximum absolute atomic E-state index is 13.6. The SMILES string of the molecule is COc1ccc(F)cc1C(C)NC(=O)c1cccc2c1CCCN2.Cl. The van der Waals surface area contributed by atoms with E-state index in [9.17, 15) is 9.18 Å². The predicted octanol–water partition coefficient (Wildman–Crippen LogP) is 4.11. The quantitative estimate of drug-likeness (QED) is 0.858. The number of fused-ring (bicyclic) bond motifs is 1. The molecule has 0 fully saturated rings. The van der Waals surface area contributed by atoms with Crippen molar-refractivity contribution in [2.75, 3.05) is 19.0 Å².